The lowest BCUT2D eigenvalue weighted by atomic mass is 9.99. The molecule has 0 aromatic rings. The van der Waals surface area contributed by atoms with E-state index in [-0.39, 0.29) is 37.0 Å². The summed E-state index contributed by atoms with van der Waals surface area (Å²) in [6.45, 7) is 6.20. The van der Waals surface area contributed by atoms with Crippen LogP contribution in [0.4, 0.5) is 0 Å². The van der Waals surface area contributed by atoms with Gasteiger partial charge in [0, 0.05) is 19.4 Å². The highest BCUT2D eigenvalue weighted by molar-refractivity contribution is 5.73. The zero-order valence-corrected chi connectivity index (χ0v) is 35.9. The monoisotopic (exact) mass is 784 g/mol. The van der Waals surface area contributed by atoms with Crippen molar-refractivity contribution in [3.63, 3.8) is 0 Å². The number of carbonyl (C=O) groups excluding carboxylic acids is 3. The number of unbranched alkanes of at least 4 members (excludes halogenated alkanes) is 16. The molecule has 2 aliphatic rings. The van der Waals surface area contributed by atoms with Crippen LogP contribution in [-0.2, 0) is 33.3 Å². The van der Waals surface area contributed by atoms with Gasteiger partial charge in [-0.1, -0.05) is 127 Å². The number of rotatable bonds is 33. The molecular weight excluding hydrogens is 703 g/mol. The topological polar surface area (TPSA) is 91.4 Å². The maximum atomic E-state index is 13.0. The quantitative estimate of drug-likeness (QED) is 0.0281. The van der Waals surface area contributed by atoms with E-state index in [4.69, 9.17) is 18.9 Å². The summed E-state index contributed by atoms with van der Waals surface area (Å²) in [5, 5.41) is 0. The molecule has 2 heterocycles. The molecule has 0 radical (unpaired) electrons. The van der Waals surface area contributed by atoms with Crippen LogP contribution in [0.25, 0.3) is 0 Å². The fraction of sp³-hybridized carbons (Fsp3) is 0.771. The molecule has 0 aromatic heterocycles. The first-order valence-electron chi connectivity index (χ1n) is 22.9. The minimum atomic E-state index is -0.796. The molecule has 2 fully saturated rings. The highest BCUT2D eigenvalue weighted by Crippen LogP contribution is 2.25. The average Bonchev–Trinajstić information content (AvgIpc) is 3.56. The first kappa shape index (κ1) is 49.4. The lowest BCUT2D eigenvalue weighted by molar-refractivity contribution is -0.169. The van der Waals surface area contributed by atoms with E-state index in [2.05, 4.69) is 67.4 Å². The number of likely N-dealkylation sites (tertiary alicyclic amines) is 1. The van der Waals surface area contributed by atoms with Crippen LogP contribution in [0, 0.1) is 5.92 Å². The van der Waals surface area contributed by atoms with E-state index in [1.165, 1.54) is 51.4 Å². The van der Waals surface area contributed by atoms with Gasteiger partial charge >= 0.3 is 17.9 Å². The summed E-state index contributed by atoms with van der Waals surface area (Å²) in [7, 11) is 2.01. The largest absolute Gasteiger partial charge is 0.463 e. The van der Waals surface area contributed by atoms with Gasteiger partial charge in [-0.05, 0) is 103 Å². The third-order valence-corrected chi connectivity index (χ3v) is 10.8. The molecule has 2 aliphatic heterocycles. The Bertz CT molecular complexity index is 1130. The van der Waals surface area contributed by atoms with E-state index in [1.54, 1.807) is 0 Å². The van der Waals surface area contributed by atoms with Crippen LogP contribution < -0.4 is 0 Å². The van der Waals surface area contributed by atoms with Crippen LogP contribution in [0.1, 0.15) is 181 Å². The molecule has 0 saturated carbocycles. The summed E-state index contributed by atoms with van der Waals surface area (Å²) in [6, 6.07) is 0. The fourth-order valence-electron chi connectivity index (χ4n) is 7.28. The molecule has 2 saturated heterocycles. The first-order valence-corrected chi connectivity index (χ1v) is 22.9. The number of allylic oxidation sites excluding steroid dienone is 8. The molecule has 8 heteroatoms. The Morgan fingerprint density at radius 3 is 1.62 bits per heavy atom. The minimum absolute atomic E-state index is 0.0281. The fourth-order valence-corrected chi connectivity index (χ4v) is 7.28. The van der Waals surface area contributed by atoms with Crippen LogP contribution >= 0.6 is 0 Å². The first-order chi connectivity index (χ1) is 27.4. The second-order valence-corrected chi connectivity index (χ2v) is 16.0. The number of piperidine rings is 1. The Labute approximate surface area is 342 Å². The molecule has 8 nitrogen and oxygen atoms in total. The van der Waals surface area contributed by atoms with Crippen LogP contribution in [0.2, 0.25) is 0 Å². The van der Waals surface area contributed by atoms with E-state index in [9.17, 15) is 14.4 Å². The lowest BCUT2D eigenvalue weighted by Gasteiger charge is -2.29. The van der Waals surface area contributed by atoms with Crippen LogP contribution in [0.3, 0.4) is 0 Å². The van der Waals surface area contributed by atoms with Gasteiger partial charge in [-0.3, -0.25) is 14.4 Å². The van der Waals surface area contributed by atoms with Crippen LogP contribution in [-0.4, -0.2) is 74.5 Å². The highest BCUT2D eigenvalue weighted by Gasteiger charge is 2.43. The summed E-state index contributed by atoms with van der Waals surface area (Å²) in [6.07, 6.45) is 42.9. The third kappa shape index (κ3) is 25.5. The van der Waals surface area contributed by atoms with Crippen molar-refractivity contribution < 1.29 is 33.3 Å². The molecule has 0 spiro atoms. The van der Waals surface area contributed by atoms with Gasteiger partial charge in [0.15, 0.2) is 12.2 Å². The average molecular weight is 784 g/mol. The molecule has 0 aromatic carbocycles. The number of carbonyl (C=O) groups is 3. The Kier molecular flexibility index (Phi) is 30.3. The van der Waals surface area contributed by atoms with Crippen molar-refractivity contribution in [3.05, 3.63) is 48.6 Å². The maximum absolute atomic E-state index is 13.0. The predicted molar refractivity (Wildman–Crippen MR) is 229 cm³/mol. The lowest BCUT2D eigenvalue weighted by Crippen LogP contribution is -2.41. The molecular formula is C48H81NO7. The van der Waals surface area contributed by atoms with Gasteiger partial charge in [-0.25, -0.2) is 0 Å². The van der Waals surface area contributed by atoms with E-state index >= 15 is 0 Å². The van der Waals surface area contributed by atoms with Gasteiger partial charge in [-0.15, -0.1) is 0 Å². The molecule has 3 unspecified atom stereocenters. The van der Waals surface area contributed by atoms with Crippen LogP contribution in [0.15, 0.2) is 48.6 Å². The van der Waals surface area contributed by atoms with Gasteiger partial charge in [0.2, 0.25) is 0 Å². The summed E-state index contributed by atoms with van der Waals surface area (Å²) in [5.74, 6) is -1.06. The number of hydrogen-bond acceptors (Lipinski definition) is 8. The van der Waals surface area contributed by atoms with Crippen molar-refractivity contribution in [3.8, 4) is 0 Å². The normalized spacial score (nSPS) is 20.6. The van der Waals surface area contributed by atoms with Crippen LogP contribution in [0.5, 0.6) is 0 Å². The zero-order valence-electron chi connectivity index (χ0n) is 35.9. The molecule has 0 bridgehead atoms. The molecule has 320 valence electrons. The maximum Gasteiger partial charge on any atom is 0.310 e. The van der Waals surface area contributed by atoms with Gasteiger partial charge in [-0.2, -0.15) is 0 Å². The Morgan fingerprint density at radius 2 is 1.11 bits per heavy atom. The Hall–Kier alpha value is -2.71. The SMILES string of the molecule is CCCCC/C=C\C/C=C\CCCCCCCC(=O)OC1CO[C@H](COC(=O)C2CCCN(C)C2)C1OC(=O)CCCCCCC/C=C\C/C=C\CCCCC. The summed E-state index contributed by atoms with van der Waals surface area (Å²) in [4.78, 5) is 40.9. The van der Waals surface area contributed by atoms with Crippen molar-refractivity contribution in [2.45, 2.75) is 199 Å². The number of nitrogens with zero attached hydrogens (tertiary/aromatic N) is 1. The molecule has 0 N–H and O–H groups in total. The molecule has 56 heavy (non-hydrogen) atoms. The number of ether oxygens (including phenoxy) is 4. The van der Waals surface area contributed by atoms with Gasteiger partial charge in [0.25, 0.3) is 0 Å². The molecule has 2 rings (SSSR count). The number of hydrogen-bond donors (Lipinski definition) is 0. The summed E-state index contributed by atoms with van der Waals surface area (Å²) in [5.41, 5.74) is 0. The van der Waals surface area contributed by atoms with E-state index in [0.717, 1.165) is 109 Å². The third-order valence-electron chi connectivity index (χ3n) is 10.8. The second-order valence-electron chi connectivity index (χ2n) is 16.0. The molecule has 0 amide bonds. The van der Waals surface area contributed by atoms with E-state index < -0.39 is 18.3 Å². The van der Waals surface area contributed by atoms with Crippen molar-refractivity contribution in [1.82, 2.24) is 4.90 Å². The van der Waals surface area contributed by atoms with E-state index in [0.29, 0.717) is 19.4 Å². The van der Waals surface area contributed by atoms with Crippen molar-refractivity contribution in [2.24, 2.45) is 5.92 Å². The van der Waals surface area contributed by atoms with Crippen molar-refractivity contribution in [1.29, 1.82) is 0 Å². The Morgan fingerprint density at radius 1 is 0.625 bits per heavy atom. The Balaban J connectivity index is 1.69. The summed E-state index contributed by atoms with van der Waals surface area (Å²) >= 11 is 0. The van der Waals surface area contributed by atoms with Crippen molar-refractivity contribution >= 4 is 17.9 Å². The molecule has 4 atom stereocenters. The van der Waals surface area contributed by atoms with Gasteiger partial charge < -0.3 is 23.8 Å². The van der Waals surface area contributed by atoms with Gasteiger partial charge in [0.05, 0.1) is 12.5 Å². The number of esters is 3. The predicted octanol–water partition coefficient (Wildman–Crippen LogP) is 11.7. The standard InChI is InChI=1S/C48H81NO7/c1-4-6-8-10-12-14-16-18-20-22-24-26-28-30-32-36-45(50)55-44-41-53-43(40-54-48(52)42-35-34-38-49(3)39-42)47(44)56-46(51)37-33-31-29-27-25-23-21-19-17-15-13-11-9-7-5-2/h12-15,18-21,42-44,47H,4-11,16-17,22-41H2,1-3H3/b14-12-,15-13-,20-18-,21-19-/t42?,43-,44?,47?/m1/s1. The van der Waals surface area contributed by atoms with Crippen molar-refractivity contribution in [2.75, 3.05) is 33.4 Å². The summed E-state index contributed by atoms with van der Waals surface area (Å²) < 4.78 is 23.4. The van der Waals surface area contributed by atoms with Gasteiger partial charge in [0.1, 0.15) is 12.7 Å². The minimum Gasteiger partial charge on any atom is -0.463 e. The zero-order chi connectivity index (χ0) is 40.3. The second kappa shape index (κ2) is 34.3. The smallest absolute Gasteiger partial charge is 0.310 e. The highest BCUT2D eigenvalue weighted by atomic mass is 16.6. The molecule has 0 aliphatic carbocycles. The van der Waals surface area contributed by atoms with E-state index in [1.807, 2.05) is 7.05 Å².